The normalized spacial score (nSPS) is 18.4. The maximum absolute atomic E-state index is 12.3. The van der Waals surface area contributed by atoms with Gasteiger partial charge in [0.1, 0.15) is 6.04 Å². The predicted octanol–water partition coefficient (Wildman–Crippen LogP) is 0.888. The number of amides is 2. The highest BCUT2D eigenvalue weighted by Crippen LogP contribution is 2.23. The summed E-state index contributed by atoms with van der Waals surface area (Å²) in [6.07, 6.45) is 1.32. The molecule has 0 aromatic carbocycles. The van der Waals surface area contributed by atoms with E-state index >= 15 is 0 Å². The Bertz CT molecular complexity index is 637. The molecule has 2 amide bonds. The Morgan fingerprint density at radius 1 is 1.50 bits per heavy atom. The van der Waals surface area contributed by atoms with E-state index in [1.165, 1.54) is 16.2 Å². The molecule has 0 saturated carbocycles. The molecule has 1 atom stereocenters. The fourth-order valence-corrected chi connectivity index (χ4v) is 2.89. The van der Waals surface area contributed by atoms with Gasteiger partial charge in [-0.2, -0.15) is 4.98 Å². The molecule has 1 aliphatic heterocycles. The molecule has 0 radical (unpaired) electrons. The molecule has 0 aliphatic carbocycles. The van der Waals surface area contributed by atoms with Crippen molar-refractivity contribution in [2.75, 3.05) is 6.54 Å². The third kappa shape index (κ3) is 2.18. The summed E-state index contributed by atoms with van der Waals surface area (Å²) in [6.45, 7) is 0.475. The summed E-state index contributed by atoms with van der Waals surface area (Å²) in [6, 6.07) is 3.12. The number of primary amides is 1. The number of hydrogen-bond donors (Lipinski definition) is 1. The largest absolute Gasteiger partial charge is 0.368 e. The lowest BCUT2D eigenvalue weighted by Crippen LogP contribution is -2.43. The van der Waals surface area contributed by atoms with Crippen molar-refractivity contribution >= 4 is 23.2 Å². The van der Waals surface area contributed by atoms with E-state index in [4.69, 9.17) is 10.3 Å². The Morgan fingerprint density at radius 3 is 3.05 bits per heavy atom. The van der Waals surface area contributed by atoms with E-state index in [9.17, 15) is 9.59 Å². The van der Waals surface area contributed by atoms with Gasteiger partial charge in [0, 0.05) is 6.54 Å². The van der Waals surface area contributed by atoms with E-state index in [1.54, 1.807) is 0 Å². The molecule has 2 aromatic rings. The van der Waals surface area contributed by atoms with Crippen LogP contribution in [0.2, 0.25) is 0 Å². The summed E-state index contributed by atoms with van der Waals surface area (Å²) in [5.41, 5.74) is 5.29. The lowest BCUT2D eigenvalue weighted by Gasteiger charge is -2.19. The molecule has 20 heavy (non-hydrogen) atoms. The zero-order chi connectivity index (χ0) is 14.1. The molecular weight excluding hydrogens is 280 g/mol. The summed E-state index contributed by atoms with van der Waals surface area (Å²) >= 11 is 1.45. The highest BCUT2D eigenvalue weighted by Gasteiger charge is 2.35. The smallest absolute Gasteiger partial charge is 0.316 e. The number of hydrogen-bond acceptors (Lipinski definition) is 6. The first-order valence-corrected chi connectivity index (χ1v) is 7.02. The number of rotatable bonds is 3. The highest BCUT2D eigenvalue weighted by atomic mass is 32.1. The molecule has 8 heteroatoms. The number of carbonyl (C=O) groups excluding carboxylic acids is 2. The summed E-state index contributed by atoms with van der Waals surface area (Å²) in [5, 5.41) is 5.67. The molecule has 1 saturated heterocycles. The van der Waals surface area contributed by atoms with Crippen molar-refractivity contribution in [2.24, 2.45) is 5.73 Å². The molecule has 3 heterocycles. The maximum atomic E-state index is 12.3. The van der Waals surface area contributed by atoms with E-state index in [-0.39, 0.29) is 5.89 Å². The first-order chi connectivity index (χ1) is 9.66. The van der Waals surface area contributed by atoms with Gasteiger partial charge in [-0.25, -0.2) is 0 Å². The van der Waals surface area contributed by atoms with E-state index in [2.05, 4.69) is 10.1 Å². The average Bonchev–Trinajstić information content (AvgIpc) is 3.17. The Kier molecular flexibility index (Phi) is 3.23. The Hall–Kier alpha value is -2.22. The molecule has 1 fully saturated rings. The van der Waals surface area contributed by atoms with Gasteiger partial charge >= 0.3 is 11.8 Å². The van der Waals surface area contributed by atoms with Gasteiger partial charge in [0.15, 0.2) is 0 Å². The summed E-state index contributed by atoms with van der Waals surface area (Å²) in [7, 11) is 0. The third-order valence-corrected chi connectivity index (χ3v) is 4.06. The molecule has 3 rings (SSSR count). The number of carbonyl (C=O) groups is 2. The quantitative estimate of drug-likeness (QED) is 0.905. The molecular formula is C12H12N4O3S. The second-order valence-corrected chi connectivity index (χ2v) is 5.41. The third-order valence-electron chi connectivity index (χ3n) is 3.19. The van der Waals surface area contributed by atoms with Gasteiger partial charge in [0.2, 0.25) is 11.7 Å². The van der Waals surface area contributed by atoms with Crippen molar-refractivity contribution in [3.63, 3.8) is 0 Å². The zero-order valence-corrected chi connectivity index (χ0v) is 11.3. The summed E-state index contributed by atoms with van der Waals surface area (Å²) in [4.78, 5) is 29.9. The van der Waals surface area contributed by atoms with Crippen LogP contribution in [0, 0.1) is 0 Å². The van der Waals surface area contributed by atoms with Crippen molar-refractivity contribution < 1.29 is 14.1 Å². The van der Waals surface area contributed by atoms with Crippen LogP contribution in [0.25, 0.3) is 10.7 Å². The van der Waals surface area contributed by atoms with Crippen molar-refractivity contribution in [1.29, 1.82) is 0 Å². The van der Waals surface area contributed by atoms with Crippen LogP contribution in [0.5, 0.6) is 0 Å². The van der Waals surface area contributed by atoms with Gasteiger partial charge in [-0.3, -0.25) is 9.59 Å². The second kappa shape index (κ2) is 5.04. The van der Waals surface area contributed by atoms with Crippen LogP contribution in [0.1, 0.15) is 23.5 Å². The van der Waals surface area contributed by atoms with E-state index in [0.717, 1.165) is 11.3 Å². The fraction of sp³-hybridized carbons (Fsp3) is 0.333. The Balaban J connectivity index is 1.83. The van der Waals surface area contributed by atoms with E-state index < -0.39 is 17.9 Å². The molecule has 0 unspecified atom stereocenters. The van der Waals surface area contributed by atoms with Crippen molar-refractivity contribution in [3.05, 3.63) is 23.4 Å². The highest BCUT2D eigenvalue weighted by molar-refractivity contribution is 7.13. The van der Waals surface area contributed by atoms with Crippen molar-refractivity contribution in [3.8, 4) is 10.7 Å². The van der Waals surface area contributed by atoms with Gasteiger partial charge in [0.25, 0.3) is 0 Å². The van der Waals surface area contributed by atoms with Crippen LogP contribution in [-0.4, -0.2) is 39.4 Å². The van der Waals surface area contributed by atoms with Crippen LogP contribution in [0.3, 0.4) is 0 Å². The Labute approximate surface area is 118 Å². The van der Waals surface area contributed by atoms with E-state index in [1.807, 2.05) is 17.5 Å². The molecule has 0 spiro atoms. The SMILES string of the molecule is NC(=O)[C@H]1CCCN1C(=O)c1nc(-c2cccs2)no1. The molecule has 1 aliphatic rings. The minimum absolute atomic E-state index is 0.110. The van der Waals surface area contributed by atoms with Crippen LogP contribution in [0.4, 0.5) is 0 Å². The molecule has 0 bridgehead atoms. The first kappa shape index (κ1) is 12.8. The first-order valence-electron chi connectivity index (χ1n) is 6.14. The second-order valence-electron chi connectivity index (χ2n) is 4.46. The van der Waals surface area contributed by atoms with Gasteiger partial charge in [0.05, 0.1) is 4.88 Å². The van der Waals surface area contributed by atoms with Gasteiger partial charge in [-0.1, -0.05) is 11.2 Å². The van der Waals surface area contributed by atoms with Crippen molar-refractivity contribution in [1.82, 2.24) is 15.0 Å². The van der Waals surface area contributed by atoms with E-state index in [0.29, 0.717) is 18.8 Å². The lowest BCUT2D eigenvalue weighted by atomic mass is 10.2. The standard InChI is InChI=1S/C12H12N4O3S/c13-9(17)7-3-1-5-16(7)12(18)11-14-10(15-19-11)8-4-2-6-20-8/h2,4,6-7H,1,3,5H2,(H2,13,17)/t7-/m1/s1. The fourth-order valence-electron chi connectivity index (χ4n) is 2.24. The van der Waals surface area contributed by atoms with Crippen LogP contribution < -0.4 is 5.73 Å². The number of likely N-dealkylation sites (tertiary alicyclic amines) is 1. The molecule has 7 nitrogen and oxygen atoms in total. The molecule has 2 aromatic heterocycles. The minimum Gasteiger partial charge on any atom is -0.368 e. The van der Waals surface area contributed by atoms with Gasteiger partial charge in [-0.05, 0) is 24.3 Å². The number of nitrogens with two attached hydrogens (primary N) is 1. The minimum atomic E-state index is -0.584. The molecule has 104 valence electrons. The van der Waals surface area contributed by atoms with Crippen LogP contribution in [0.15, 0.2) is 22.0 Å². The van der Waals surface area contributed by atoms with Gasteiger partial charge in [-0.15, -0.1) is 11.3 Å². The average molecular weight is 292 g/mol. The number of nitrogens with zero attached hydrogens (tertiary/aromatic N) is 3. The zero-order valence-electron chi connectivity index (χ0n) is 10.5. The van der Waals surface area contributed by atoms with Crippen molar-refractivity contribution in [2.45, 2.75) is 18.9 Å². The van der Waals surface area contributed by atoms with Gasteiger partial charge < -0.3 is 15.2 Å². The number of aromatic nitrogens is 2. The maximum Gasteiger partial charge on any atom is 0.316 e. The lowest BCUT2D eigenvalue weighted by molar-refractivity contribution is -0.121. The summed E-state index contributed by atoms with van der Waals surface area (Å²) < 4.78 is 4.99. The predicted molar refractivity (Wildman–Crippen MR) is 70.9 cm³/mol. The topological polar surface area (TPSA) is 102 Å². The molecule has 2 N–H and O–H groups in total. The summed E-state index contributed by atoms with van der Waals surface area (Å²) in [5.74, 6) is -0.685. The van der Waals surface area contributed by atoms with Crippen LogP contribution >= 0.6 is 11.3 Å². The van der Waals surface area contributed by atoms with Crippen LogP contribution in [-0.2, 0) is 4.79 Å². The number of thiophene rings is 1. The Morgan fingerprint density at radius 2 is 2.35 bits per heavy atom. The monoisotopic (exact) mass is 292 g/mol.